The van der Waals surface area contributed by atoms with Crippen molar-refractivity contribution in [3.8, 4) is 0 Å². The van der Waals surface area contributed by atoms with Crippen molar-refractivity contribution >= 4 is 41.7 Å². The lowest BCUT2D eigenvalue weighted by Crippen LogP contribution is -2.46. The van der Waals surface area contributed by atoms with Gasteiger partial charge in [-0.25, -0.2) is 0 Å². The van der Waals surface area contributed by atoms with Gasteiger partial charge >= 0.3 is 0 Å². The second-order valence-electron chi connectivity index (χ2n) is 5.49. The number of rotatable bonds is 7. The number of guanidine groups is 1. The van der Waals surface area contributed by atoms with Gasteiger partial charge in [0.1, 0.15) is 11.5 Å². The van der Waals surface area contributed by atoms with E-state index >= 15 is 0 Å². The average molecular weight is 468 g/mol. The van der Waals surface area contributed by atoms with Gasteiger partial charge in [0, 0.05) is 39.0 Å². The summed E-state index contributed by atoms with van der Waals surface area (Å²) in [5.41, 5.74) is 0. The molecule has 0 aromatic carbocycles. The summed E-state index contributed by atoms with van der Waals surface area (Å²) >= 11 is 1.82. The molecule has 0 saturated carbocycles. The van der Waals surface area contributed by atoms with Crippen LogP contribution in [-0.2, 0) is 4.74 Å². The van der Waals surface area contributed by atoms with Crippen LogP contribution in [0.15, 0.2) is 21.5 Å². The summed E-state index contributed by atoms with van der Waals surface area (Å²) in [6.45, 7) is 7.04. The molecule has 1 aromatic heterocycles. The van der Waals surface area contributed by atoms with Crippen LogP contribution in [0.4, 0.5) is 0 Å². The lowest BCUT2D eigenvalue weighted by atomic mass is 10.1. The summed E-state index contributed by atoms with van der Waals surface area (Å²) < 4.78 is 11.3. The Bertz CT molecular complexity index is 492. The number of ether oxygens (including phenoxy) is 1. The molecule has 1 saturated heterocycles. The summed E-state index contributed by atoms with van der Waals surface area (Å²) in [4.78, 5) is 6.69. The molecule has 138 valence electrons. The van der Waals surface area contributed by atoms with E-state index in [-0.39, 0.29) is 30.0 Å². The number of halogens is 1. The topological polar surface area (TPSA) is 62.0 Å². The van der Waals surface area contributed by atoms with Crippen molar-refractivity contribution in [3.63, 3.8) is 0 Å². The molecular weight excluding hydrogens is 439 g/mol. The number of hydrogen-bond acceptors (Lipinski definition) is 5. The van der Waals surface area contributed by atoms with Crippen LogP contribution in [0.5, 0.6) is 0 Å². The highest BCUT2D eigenvalue weighted by Gasteiger charge is 2.25. The van der Waals surface area contributed by atoms with Crippen LogP contribution in [0, 0.1) is 6.92 Å². The summed E-state index contributed by atoms with van der Waals surface area (Å²) in [6, 6.07) is 4.28. The second kappa shape index (κ2) is 12.0. The van der Waals surface area contributed by atoms with Crippen molar-refractivity contribution in [1.82, 2.24) is 15.5 Å². The fourth-order valence-electron chi connectivity index (χ4n) is 2.62. The first-order valence-corrected chi connectivity index (χ1v) is 9.45. The first-order valence-electron chi connectivity index (χ1n) is 8.06. The van der Waals surface area contributed by atoms with Crippen LogP contribution in [0.3, 0.4) is 0 Å². The number of nitrogens with zero attached hydrogens (tertiary/aromatic N) is 2. The minimum Gasteiger partial charge on any atom is -0.465 e. The van der Waals surface area contributed by atoms with Gasteiger partial charge < -0.3 is 19.8 Å². The van der Waals surface area contributed by atoms with Crippen LogP contribution in [-0.4, -0.2) is 69.3 Å². The van der Waals surface area contributed by atoms with Crippen LogP contribution in [0.1, 0.15) is 17.6 Å². The van der Waals surface area contributed by atoms with E-state index in [0.717, 1.165) is 62.6 Å². The molecule has 0 spiro atoms. The zero-order chi connectivity index (χ0) is 16.5. The zero-order valence-electron chi connectivity index (χ0n) is 14.7. The molecule has 0 aliphatic carbocycles. The van der Waals surface area contributed by atoms with Crippen molar-refractivity contribution in [1.29, 1.82) is 0 Å². The average Bonchev–Trinajstić information content (AvgIpc) is 3.00. The van der Waals surface area contributed by atoms with E-state index < -0.39 is 0 Å². The Hall–Kier alpha value is -0.450. The minimum atomic E-state index is 0. The number of aliphatic imine (C=N–C) groups is 1. The van der Waals surface area contributed by atoms with Crippen molar-refractivity contribution in [3.05, 3.63) is 23.7 Å². The first kappa shape index (κ1) is 21.6. The maximum atomic E-state index is 5.88. The third-order valence-electron chi connectivity index (χ3n) is 3.86. The summed E-state index contributed by atoms with van der Waals surface area (Å²) in [6.07, 6.45) is 2.10. The highest BCUT2D eigenvalue weighted by molar-refractivity contribution is 14.0. The number of hydrogen-bond donors (Lipinski definition) is 2. The van der Waals surface area contributed by atoms with Gasteiger partial charge in [-0.05, 0) is 25.3 Å². The lowest BCUT2D eigenvalue weighted by Gasteiger charge is -2.33. The van der Waals surface area contributed by atoms with Gasteiger partial charge in [-0.2, -0.15) is 11.8 Å². The summed E-state index contributed by atoms with van der Waals surface area (Å²) in [7, 11) is 1.80. The largest absolute Gasteiger partial charge is 0.465 e. The van der Waals surface area contributed by atoms with Gasteiger partial charge in [0.2, 0.25) is 0 Å². The lowest BCUT2D eigenvalue weighted by molar-refractivity contribution is 0.0124. The molecule has 8 heteroatoms. The molecule has 1 atom stereocenters. The molecule has 2 rings (SSSR count). The number of morpholine rings is 1. The van der Waals surface area contributed by atoms with E-state index in [1.54, 1.807) is 7.05 Å². The molecule has 1 fully saturated rings. The van der Waals surface area contributed by atoms with E-state index in [9.17, 15) is 0 Å². The van der Waals surface area contributed by atoms with Crippen LogP contribution in [0.25, 0.3) is 0 Å². The van der Waals surface area contributed by atoms with Gasteiger partial charge in [0.15, 0.2) is 5.96 Å². The third-order valence-corrected chi connectivity index (χ3v) is 4.47. The van der Waals surface area contributed by atoms with Gasteiger partial charge in [0.05, 0.1) is 19.3 Å². The van der Waals surface area contributed by atoms with E-state index in [1.807, 2.05) is 24.8 Å². The Morgan fingerprint density at radius 2 is 2.08 bits per heavy atom. The van der Waals surface area contributed by atoms with Crippen molar-refractivity contribution in [2.75, 3.05) is 58.4 Å². The van der Waals surface area contributed by atoms with Crippen LogP contribution >= 0.6 is 35.7 Å². The molecule has 1 aromatic rings. The Morgan fingerprint density at radius 3 is 2.67 bits per heavy atom. The molecule has 2 heterocycles. The smallest absolute Gasteiger partial charge is 0.191 e. The molecule has 1 aliphatic heterocycles. The molecular formula is C16H29IN4O2S. The Kier molecular flexibility index (Phi) is 10.8. The van der Waals surface area contributed by atoms with Gasteiger partial charge in [-0.1, -0.05) is 0 Å². The molecule has 1 aliphatic rings. The molecule has 1 unspecified atom stereocenters. The van der Waals surface area contributed by atoms with E-state index in [4.69, 9.17) is 9.15 Å². The van der Waals surface area contributed by atoms with E-state index in [1.165, 1.54) is 0 Å². The highest BCUT2D eigenvalue weighted by atomic mass is 127. The van der Waals surface area contributed by atoms with Gasteiger partial charge in [0.25, 0.3) is 0 Å². The quantitative estimate of drug-likeness (QED) is 0.277. The normalized spacial score (nSPS) is 17.2. The fourth-order valence-corrected chi connectivity index (χ4v) is 2.92. The SMILES string of the molecule is CN=C(NCCSC)NCC(c1ccc(C)o1)N1CCOCC1.I. The molecule has 2 N–H and O–H groups in total. The minimum absolute atomic E-state index is 0. The predicted octanol–water partition coefficient (Wildman–Crippen LogP) is 2.11. The standard InChI is InChI=1S/C16H28N4O2S.HI/c1-13-4-5-15(22-13)14(20-7-9-21-10-8-20)12-19-16(17-2)18-6-11-23-3;/h4-5,14H,6-12H2,1-3H3,(H2,17,18,19);1H. The van der Waals surface area contributed by atoms with E-state index in [2.05, 4.69) is 32.8 Å². The number of thioether (sulfide) groups is 1. The number of aryl methyl sites for hydroxylation is 1. The molecule has 0 radical (unpaired) electrons. The Balaban J connectivity index is 0.00000288. The van der Waals surface area contributed by atoms with Gasteiger partial charge in [-0.3, -0.25) is 9.89 Å². The van der Waals surface area contributed by atoms with Crippen molar-refractivity contribution < 1.29 is 9.15 Å². The monoisotopic (exact) mass is 468 g/mol. The van der Waals surface area contributed by atoms with E-state index in [0.29, 0.717) is 0 Å². The fraction of sp³-hybridized carbons (Fsp3) is 0.688. The molecule has 24 heavy (non-hydrogen) atoms. The number of nitrogens with one attached hydrogen (secondary N) is 2. The maximum absolute atomic E-state index is 5.88. The highest BCUT2D eigenvalue weighted by Crippen LogP contribution is 2.23. The molecule has 0 bridgehead atoms. The summed E-state index contributed by atoms with van der Waals surface area (Å²) in [5.74, 6) is 3.84. The second-order valence-corrected chi connectivity index (χ2v) is 6.47. The van der Waals surface area contributed by atoms with Gasteiger partial charge in [-0.15, -0.1) is 24.0 Å². The third kappa shape index (κ3) is 6.81. The van der Waals surface area contributed by atoms with Crippen molar-refractivity contribution in [2.45, 2.75) is 13.0 Å². The van der Waals surface area contributed by atoms with Crippen LogP contribution in [0.2, 0.25) is 0 Å². The Morgan fingerprint density at radius 1 is 1.33 bits per heavy atom. The van der Waals surface area contributed by atoms with Crippen LogP contribution < -0.4 is 10.6 Å². The zero-order valence-corrected chi connectivity index (χ0v) is 17.9. The predicted molar refractivity (Wildman–Crippen MR) is 112 cm³/mol. The summed E-state index contributed by atoms with van der Waals surface area (Å²) in [5, 5.41) is 6.75. The first-order chi connectivity index (χ1) is 11.2. The molecule has 0 amide bonds. The Labute approximate surface area is 166 Å². The van der Waals surface area contributed by atoms with Crippen molar-refractivity contribution in [2.24, 2.45) is 4.99 Å². The maximum Gasteiger partial charge on any atom is 0.191 e. The number of furan rings is 1. The molecule has 6 nitrogen and oxygen atoms in total.